The van der Waals surface area contributed by atoms with Crippen molar-refractivity contribution in [2.45, 2.75) is 0 Å². The van der Waals surface area contributed by atoms with Gasteiger partial charge < -0.3 is 0 Å². The summed E-state index contributed by atoms with van der Waals surface area (Å²) in [5.74, 6) is -4.61. The van der Waals surface area contributed by atoms with E-state index in [9.17, 15) is 17.6 Å². The summed E-state index contributed by atoms with van der Waals surface area (Å²) in [6, 6.07) is 17.6. The van der Waals surface area contributed by atoms with Gasteiger partial charge in [0.1, 0.15) is 45.9 Å². The van der Waals surface area contributed by atoms with Gasteiger partial charge in [0, 0.05) is 34.4 Å². The van der Waals surface area contributed by atoms with E-state index in [0.717, 1.165) is 36.0 Å². The molecule has 39 heavy (non-hydrogen) atoms. The molecule has 0 aliphatic heterocycles. The molecular weight excluding hydrogens is 534 g/mol. The van der Waals surface area contributed by atoms with Gasteiger partial charge >= 0.3 is 0 Å². The highest BCUT2D eigenvalue weighted by atomic mass is 32.1. The molecule has 1 aromatic heterocycles. The van der Waals surface area contributed by atoms with E-state index >= 15 is 8.78 Å². The maximum Gasteiger partial charge on any atom is 0.131 e. The van der Waals surface area contributed by atoms with Crippen LogP contribution in [0.25, 0.3) is 55.5 Å². The standard InChI is InChI=1S/C30H14F6N2S/c31-19-7-17(8-20(32)13-19)23-3-1-15(11-27(23)35)25-5-6-26(30-29(25)37-39-38-30)16-2-4-24(28(36)12-16)18-9-21(33)14-22(34)10-18/h1-14H. The van der Waals surface area contributed by atoms with Crippen molar-refractivity contribution in [1.29, 1.82) is 0 Å². The van der Waals surface area contributed by atoms with Crippen LogP contribution in [-0.4, -0.2) is 8.75 Å². The van der Waals surface area contributed by atoms with Crippen LogP contribution < -0.4 is 0 Å². The van der Waals surface area contributed by atoms with Crippen LogP contribution in [0, 0.1) is 34.9 Å². The highest BCUT2D eigenvalue weighted by Crippen LogP contribution is 2.37. The molecule has 0 unspecified atom stereocenters. The molecule has 0 saturated carbocycles. The summed E-state index contributed by atoms with van der Waals surface area (Å²) < 4.78 is 93.4. The molecule has 9 heteroatoms. The molecule has 0 saturated heterocycles. The monoisotopic (exact) mass is 548 g/mol. The largest absolute Gasteiger partial charge is 0.207 e. The van der Waals surface area contributed by atoms with Crippen molar-refractivity contribution in [3.63, 3.8) is 0 Å². The van der Waals surface area contributed by atoms with Crippen LogP contribution >= 0.6 is 11.7 Å². The molecular formula is C30H14F6N2S. The van der Waals surface area contributed by atoms with Crippen LogP contribution in [0.5, 0.6) is 0 Å². The normalized spacial score (nSPS) is 11.3. The predicted molar refractivity (Wildman–Crippen MR) is 139 cm³/mol. The number of fused-ring (bicyclic) bond motifs is 1. The van der Waals surface area contributed by atoms with E-state index in [4.69, 9.17) is 0 Å². The average molecular weight is 549 g/mol. The number of halogens is 6. The van der Waals surface area contributed by atoms with Crippen molar-refractivity contribution in [3.8, 4) is 44.5 Å². The molecule has 6 aromatic rings. The number of benzene rings is 5. The Morgan fingerprint density at radius 2 is 0.744 bits per heavy atom. The van der Waals surface area contributed by atoms with E-state index in [-0.39, 0.29) is 22.3 Å². The zero-order valence-corrected chi connectivity index (χ0v) is 20.5. The Bertz CT molecular complexity index is 1720. The Morgan fingerprint density at radius 3 is 1.10 bits per heavy atom. The van der Waals surface area contributed by atoms with E-state index in [1.807, 2.05) is 0 Å². The third kappa shape index (κ3) is 4.66. The van der Waals surface area contributed by atoms with Gasteiger partial charge in [0.2, 0.25) is 0 Å². The molecule has 0 atom stereocenters. The van der Waals surface area contributed by atoms with E-state index in [1.165, 1.54) is 24.3 Å². The van der Waals surface area contributed by atoms with E-state index in [2.05, 4.69) is 8.75 Å². The number of aromatic nitrogens is 2. The highest BCUT2D eigenvalue weighted by Gasteiger charge is 2.17. The van der Waals surface area contributed by atoms with Gasteiger partial charge in [-0.25, -0.2) is 26.3 Å². The Hall–Kier alpha value is -4.50. The fraction of sp³-hybridized carbons (Fsp3) is 0. The number of rotatable bonds is 4. The zero-order valence-electron chi connectivity index (χ0n) is 19.7. The van der Waals surface area contributed by atoms with E-state index in [0.29, 0.717) is 45.4 Å². The molecule has 0 N–H and O–H groups in total. The molecule has 0 aliphatic carbocycles. The highest BCUT2D eigenvalue weighted by molar-refractivity contribution is 7.00. The topological polar surface area (TPSA) is 25.8 Å². The van der Waals surface area contributed by atoms with Crippen LogP contribution in [-0.2, 0) is 0 Å². The van der Waals surface area contributed by atoms with Gasteiger partial charge in [0.25, 0.3) is 0 Å². The first-order valence-electron chi connectivity index (χ1n) is 11.5. The first-order chi connectivity index (χ1) is 18.8. The lowest BCUT2D eigenvalue weighted by Gasteiger charge is -2.11. The second-order valence-electron chi connectivity index (χ2n) is 8.83. The van der Waals surface area contributed by atoms with Crippen molar-refractivity contribution in [3.05, 3.63) is 120 Å². The fourth-order valence-corrected chi connectivity index (χ4v) is 5.16. The van der Waals surface area contributed by atoms with E-state index in [1.54, 1.807) is 24.3 Å². The number of hydrogen-bond donors (Lipinski definition) is 0. The molecule has 0 amide bonds. The zero-order chi connectivity index (χ0) is 27.3. The van der Waals surface area contributed by atoms with Crippen LogP contribution in [0.3, 0.4) is 0 Å². The van der Waals surface area contributed by atoms with Gasteiger partial charge in [-0.1, -0.05) is 36.4 Å². The first kappa shape index (κ1) is 24.8. The third-order valence-electron chi connectivity index (χ3n) is 6.32. The lowest BCUT2D eigenvalue weighted by Crippen LogP contribution is -1.92. The van der Waals surface area contributed by atoms with Crippen LogP contribution in [0.4, 0.5) is 26.3 Å². The van der Waals surface area contributed by atoms with Crippen LogP contribution in [0.15, 0.2) is 84.9 Å². The summed E-state index contributed by atoms with van der Waals surface area (Å²) >= 11 is 0.931. The van der Waals surface area contributed by atoms with Gasteiger partial charge in [-0.3, -0.25) is 0 Å². The molecule has 0 spiro atoms. The molecule has 6 rings (SSSR count). The second kappa shape index (κ2) is 9.67. The van der Waals surface area contributed by atoms with Crippen molar-refractivity contribution in [1.82, 2.24) is 8.75 Å². The maximum atomic E-state index is 15.1. The van der Waals surface area contributed by atoms with Crippen molar-refractivity contribution < 1.29 is 26.3 Å². The molecule has 2 nitrogen and oxygen atoms in total. The molecule has 0 radical (unpaired) electrons. The second-order valence-corrected chi connectivity index (χ2v) is 9.36. The molecule has 1 heterocycles. The number of nitrogens with zero attached hydrogens (tertiary/aromatic N) is 2. The first-order valence-corrected chi connectivity index (χ1v) is 12.3. The summed E-state index contributed by atoms with van der Waals surface area (Å²) in [5, 5.41) is 0. The van der Waals surface area contributed by atoms with Crippen LogP contribution in [0.2, 0.25) is 0 Å². The summed E-state index contributed by atoms with van der Waals surface area (Å²) in [6.07, 6.45) is 0. The summed E-state index contributed by atoms with van der Waals surface area (Å²) in [7, 11) is 0. The van der Waals surface area contributed by atoms with Gasteiger partial charge in [0.15, 0.2) is 0 Å². The lowest BCUT2D eigenvalue weighted by molar-refractivity contribution is 0.582. The van der Waals surface area contributed by atoms with Gasteiger partial charge in [-0.15, -0.1) is 0 Å². The minimum atomic E-state index is -0.813. The Morgan fingerprint density at radius 1 is 0.385 bits per heavy atom. The van der Waals surface area contributed by atoms with E-state index < -0.39 is 34.9 Å². The van der Waals surface area contributed by atoms with Gasteiger partial charge in [-0.2, -0.15) is 8.75 Å². The van der Waals surface area contributed by atoms with Crippen LogP contribution in [0.1, 0.15) is 0 Å². The average Bonchev–Trinajstić information content (AvgIpc) is 3.37. The lowest BCUT2D eigenvalue weighted by atomic mass is 9.94. The summed E-state index contributed by atoms with van der Waals surface area (Å²) in [4.78, 5) is 0. The molecule has 0 bridgehead atoms. The van der Waals surface area contributed by atoms with Gasteiger partial charge in [0.05, 0.1) is 11.7 Å². The molecule has 0 fully saturated rings. The molecule has 5 aromatic carbocycles. The van der Waals surface area contributed by atoms with Crippen molar-refractivity contribution >= 4 is 22.8 Å². The molecule has 0 aliphatic rings. The quantitative estimate of drug-likeness (QED) is 0.205. The van der Waals surface area contributed by atoms with Gasteiger partial charge in [-0.05, 0) is 58.7 Å². The van der Waals surface area contributed by atoms with Crippen molar-refractivity contribution in [2.75, 3.05) is 0 Å². The Kier molecular flexibility index (Phi) is 6.15. The minimum absolute atomic E-state index is 0.0372. The Labute approximate surface area is 222 Å². The maximum absolute atomic E-state index is 15.1. The van der Waals surface area contributed by atoms with Crippen molar-refractivity contribution in [2.24, 2.45) is 0 Å². The third-order valence-corrected chi connectivity index (χ3v) is 6.85. The minimum Gasteiger partial charge on any atom is -0.207 e. The Balaban J connectivity index is 1.39. The summed E-state index contributed by atoms with van der Waals surface area (Å²) in [5.41, 5.74) is 3.18. The molecule has 192 valence electrons. The predicted octanol–water partition coefficient (Wildman–Crippen LogP) is 9.19. The SMILES string of the molecule is Fc1cc(F)cc(-c2ccc(-c3ccc(-c4ccc(-c5cc(F)cc(F)c5)c(F)c4)c4nsnc34)cc2F)c1. The summed E-state index contributed by atoms with van der Waals surface area (Å²) in [6.45, 7) is 0. The fourth-order valence-electron chi connectivity index (χ4n) is 4.58. The smallest absolute Gasteiger partial charge is 0.131 e. The number of hydrogen-bond acceptors (Lipinski definition) is 3.